The van der Waals surface area contributed by atoms with Crippen LogP contribution in [0, 0.1) is 6.92 Å². The zero-order chi connectivity index (χ0) is 14.7. The third-order valence-corrected chi connectivity index (χ3v) is 3.90. The van der Waals surface area contributed by atoms with Crippen molar-refractivity contribution in [2.75, 3.05) is 6.54 Å². The second-order valence-corrected chi connectivity index (χ2v) is 5.38. The van der Waals surface area contributed by atoms with Gasteiger partial charge in [-0.3, -0.25) is 5.10 Å². The van der Waals surface area contributed by atoms with Gasteiger partial charge in [0.15, 0.2) is 0 Å². The van der Waals surface area contributed by atoms with E-state index in [1.165, 1.54) is 16.8 Å². The predicted molar refractivity (Wildman–Crippen MR) is 84.1 cm³/mol. The number of hydrogen-bond donors (Lipinski definition) is 2. The molecule has 110 valence electrons. The van der Waals surface area contributed by atoms with E-state index in [1.54, 1.807) is 0 Å². The molecule has 0 saturated heterocycles. The van der Waals surface area contributed by atoms with Gasteiger partial charge in [-0.2, -0.15) is 5.10 Å². The molecule has 0 amide bonds. The Hall–Kier alpha value is -2.14. The molecule has 0 unspecified atom stereocenters. The number of hydrogen-bond acceptors (Lipinski definition) is 3. The standard InChI is InChI=1S/C16H21N5/c1-12-13(10-18-20-12)6-5-9-17-11-16-19-14-7-3-4-8-15(14)21(16)2/h3-4,7-8,10,17H,5-6,9,11H2,1-2H3,(H,18,20). The summed E-state index contributed by atoms with van der Waals surface area (Å²) in [5, 5.41) is 10.5. The van der Waals surface area contributed by atoms with Crippen molar-refractivity contribution in [2.24, 2.45) is 7.05 Å². The Labute approximate surface area is 124 Å². The zero-order valence-corrected chi connectivity index (χ0v) is 12.6. The first-order chi connectivity index (χ1) is 10.3. The second kappa shape index (κ2) is 6.10. The van der Waals surface area contributed by atoms with Crippen molar-refractivity contribution >= 4 is 11.0 Å². The van der Waals surface area contributed by atoms with Gasteiger partial charge in [0.25, 0.3) is 0 Å². The van der Waals surface area contributed by atoms with Crippen LogP contribution in [0.4, 0.5) is 0 Å². The molecule has 2 aromatic heterocycles. The summed E-state index contributed by atoms with van der Waals surface area (Å²) in [7, 11) is 2.07. The fraction of sp³-hybridized carbons (Fsp3) is 0.375. The van der Waals surface area contributed by atoms with Crippen LogP contribution in [0.15, 0.2) is 30.5 Å². The molecule has 0 radical (unpaired) electrons. The molecule has 0 spiro atoms. The molecular formula is C16H21N5. The van der Waals surface area contributed by atoms with Crippen molar-refractivity contribution in [2.45, 2.75) is 26.3 Å². The molecule has 0 fully saturated rings. The number of aromatic nitrogens is 4. The Balaban J connectivity index is 1.50. The number of H-pyrrole nitrogens is 1. The van der Waals surface area contributed by atoms with E-state index < -0.39 is 0 Å². The Morgan fingerprint density at radius 3 is 2.90 bits per heavy atom. The van der Waals surface area contributed by atoms with Gasteiger partial charge in [0.2, 0.25) is 0 Å². The lowest BCUT2D eigenvalue weighted by molar-refractivity contribution is 0.616. The smallest absolute Gasteiger partial charge is 0.123 e. The van der Waals surface area contributed by atoms with Gasteiger partial charge in [0.1, 0.15) is 5.82 Å². The van der Waals surface area contributed by atoms with Crippen LogP contribution in [-0.4, -0.2) is 26.3 Å². The van der Waals surface area contributed by atoms with E-state index >= 15 is 0 Å². The average Bonchev–Trinajstić information content (AvgIpc) is 3.04. The molecule has 0 aliphatic heterocycles. The summed E-state index contributed by atoms with van der Waals surface area (Å²) in [6.45, 7) is 3.85. The highest BCUT2D eigenvalue weighted by Crippen LogP contribution is 2.13. The quantitative estimate of drug-likeness (QED) is 0.683. The number of rotatable bonds is 6. The molecule has 3 rings (SSSR count). The van der Waals surface area contributed by atoms with E-state index in [1.807, 2.05) is 12.3 Å². The first-order valence-corrected chi connectivity index (χ1v) is 7.35. The number of nitrogens with zero attached hydrogens (tertiary/aromatic N) is 3. The Morgan fingerprint density at radius 2 is 2.14 bits per heavy atom. The summed E-state index contributed by atoms with van der Waals surface area (Å²) in [5.74, 6) is 1.08. The van der Waals surface area contributed by atoms with Crippen LogP contribution in [0.1, 0.15) is 23.5 Å². The predicted octanol–water partition coefficient (Wildman–Crippen LogP) is 2.33. The zero-order valence-electron chi connectivity index (χ0n) is 12.6. The van der Waals surface area contributed by atoms with Crippen molar-refractivity contribution in [3.8, 4) is 0 Å². The monoisotopic (exact) mass is 283 g/mol. The Kier molecular flexibility index (Phi) is 4.01. The van der Waals surface area contributed by atoms with Crippen molar-refractivity contribution < 1.29 is 0 Å². The maximum atomic E-state index is 4.66. The maximum Gasteiger partial charge on any atom is 0.123 e. The summed E-state index contributed by atoms with van der Waals surface area (Å²) >= 11 is 0. The largest absolute Gasteiger partial charge is 0.330 e. The number of aryl methyl sites for hydroxylation is 3. The van der Waals surface area contributed by atoms with Crippen LogP contribution in [-0.2, 0) is 20.0 Å². The number of fused-ring (bicyclic) bond motifs is 1. The van der Waals surface area contributed by atoms with Crippen LogP contribution in [0.5, 0.6) is 0 Å². The van der Waals surface area contributed by atoms with Gasteiger partial charge in [-0.25, -0.2) is 4.98 Å². The van der Waals surface area contributed by atoms with Crippen molar-refractivity contribution in [3.05, 3.63) is 47.5 Å². The third kappa shape index (κ3) is 2.97. The Morgan fingerprint density at radius 1 is 1.29 bits per heavy atom. The number of aromatic amines is 1. The van der Waals surface area contributed by atoms with Gasteiger partial charge in [-0.1, -0.05) is 12.1 Å². The minimum atomic E-state index is 0.801. The molecule has 3 aromatic rings. The summed E-state index contributed by atoms with van der Waals surface area (Å²) < 4.78 is 2.16. The highest BCUT2D eigenvalue weighted by atomic mass is 15.1. The van der Waals surface area contributed by atoms with Gasteiger partial charge < -0.3 is 9.88 Å². The highest BCUT2D eigenvalue weighted by molar-refractivity contribution is 5.75. The molecule has 21 heavy (non-hydrogen) atoms. The van der Waals surface area contributed by atoms with Gasteiger partial charge in [0.05, 0.1) is 23.8 Å². The molecular weight excluding hydrogens is 262 g/mol. The van der Waals surface area contributed by atoms with E-state index in [-0.39, 0.29) is 0 Å². The van der Waals surface area contributed by atoms with Crippen LogP contribution < -0.4 is 5.32 Å². The van der Waals surface area contributed by atoms with Crippen molar-refractivity contribution in [1.29, 1.82) is 0 Å². The third-order valence-electron chi connectivity index (χ3n) is 3.90. The lowest BCUT2D eigenvalue weighted by atomic mass is 10.1. The molecule has 2 heterocycles. The number of para-hydroxylation sites is 2. The first kappa shape index (κ1) is 13.8. The fourth-order valence-electron chi connectivity index (χ4n) is 2.59. The van der Waals surface area contributed by atoms with Crippen LogP contribution in [0.3, 0.4) is 0 Å². The van der Waals surface area contributed by atoms with Crippen molar-refractivity contribution in [1.82, 2.24) is 25.1 Å². The highest BCUT2D eigenvalue weighted by Gasteiger charge is 2.06. The molecule has 0 aliphatic carbocycles. The molecule has 0 aliphatic rings. The van der Waals surface area contributed by atoms with E-state index in [0.29, 0.717) is 0 Å². The minimum absolute atomic E-state index is 0.801. The first-order valence-electron chi connectivity index (χ1n) is 7.35. The molecule has 2 N–H and O–H groups in total. The van der Waals surface area contributed by atoms with Crippen LogP contribution in [0.2, 0.25) is 0 Å². The topological polar surface area (TPSA) is 58.5 Å². The van der Waals surface area contributed by atoms with E-state index in [2.05, 4.69) is 57.2 Å². The normalized spacial score (nSPS) is 11.3. The van der Waals surface area contributed by atoms with Gasteiger partial charge >= 0.3 is 0 Å². The fourth-order valence-corrected chi connectivity index (χ4v) is 2.59. The van der Waals surface area contributed by atoms with Gasteiger partial charge in [0, 0.05) is 12.7 Å². The lowest BCUT2D eigenvalue weighted by Crippen LogP contribution is -2.18. The van der Waals surface area contributed by atoms with Gasteiger partial charge in [-0.05, 0) is 44.0 Å². The van der Waals surface area contributed by atoms with Crippen LogP contribution >= 0.6 is 0 Å². The van der Waals surface area contributed by atoms with E-state index in [4.69, 9.17) is 0 Å². The number of nitrogens with one attached hydrogen (secondary N) is 2. The average molecular weight is 283 g/mol. The SMILES string of the molecule is Cc1[nH]ncc1CCCNCc1nc2ccccc2n1C. The molecule has 1 aromatic carbocycles. The van der Waals surface area contributed by atoms with Crippen molar-refractivity contribution in [3.63, 3.8) is 0 Å². The molecule has 0 bridgehead atoms. The maximum absolute atomic E-state index is 4.66. The van der Waals surface area contributed by atoms with E-state index in [0.717, 1.165) is 37.3 Å². The lowest BCUT2D eigenvalue weighted by Gasteiger charge is -2.05. The summed E-state index contributed by atoms with van der Waals surface area (Å²) in [6.07, 6.45) is 4.07. The number of imidazole rings is 1. The second-order valence-electron chi connectivity index (χ2n) is 5.38. The summed E-state index contributed by atoms with van der Waals surface area (Å²) in [5.41, 5.74) is 4.72. The van der Waals surface area contributed by atoms with Crippen LogP contribution in [0.25, 0.3) is 11.0 Å². The molecule has 5 heteroatoms. The molecule has 0 atom stereocenters. The molecule has 0 saturated carbocycles. The summed E-state index contributed by atoms with van der Waals surface area (Å²) in [6, 6.07) is 8.24. The number of benzene rings is 1. The molecule has 5 nitrogen and oxygen atoms in total. The minimum Gasteiger partial charge on any atom is -0.330 e. The van der Waals surface area contributed by atoms with Gasteiger partial charge in [-0.15, -0.1) is 0 Å². The van der Waals surface area contributed by atoms with E-state index in [9.17, 15) is 0 Å². The Bertz CT molecular complexity index is 725. The summed E-state index contributed by atoms with van der Waals surface area (Å²) in [4.78, 5) is 4.66.